The van der Waals surface area contributed by atoms with Gasteiger partial charge in [0, 0.05) is 43.8 Å². The molecule has 0 bridgehead atoms. The average molecular weight is 406 g/mol. The number of fused-ring (bicyclic) bond motifs is 1. The van der Waals surface area contributed by atoms with Crippen molar-refractivity contribution in [2.75, 3.05) is 57.5 Å². The standard InChI is InChI=1S/C21H31N3O3S/c1-23-12-14-24(15-13-23)21-8-6-7-18-9-10-19(17-20(18)21)27-16-5-3-4-11-22-28(2,25)26/h6-10,17,22H,3-5,11-16H2,1-2H3. The lowest BCUT2D eigenvalue weighted by Crippen LogP contribution is -2.44. The average Bonchev–Trinajstić information content (AvgIpc) is 2.66. The van der Waals surface area contributed by atoms with E-state index in [4.69, 9.17) is 4.74 Å². The maximum atomic E-state index is 11.0. The van der Waals surface area contributed by atoms with Crippen LogP contribution in [0.4, 0.5) is 5.69 Å². The van der Waals surface area contributed by atoms with Crippen molar-refractivity contribution in [2.45, 2.75) is 19.3 Å². The fourth-order valence-corrected chi connectivity index (χ4v) is 4.01. The van der Waals surface area contributed by atoms with E-state index in [1.807, 2.05) is 6.07 Å². The largest absolute Gasteiger partial charge is 0.494 e. The van der Waals surface area contributed by atoms with Crippen LogP contribution < -0.4 is 14.4 Å². The van der Waals surface area contributed by atoms with Crippen LogP contribution in [-0.2, 0) is 10.0 Å². The summed E-state index contributed by atoms with van der Waals surface area (Å²) in [6.07, 6.45) is 3.85. The van der Waals surface area contributed by atoms with Crippen LogP contribution in [0.3, 0.4) is 0 Å². The molecule has 0 aliphatic carbocycles. The number of likely N-dealkylation sites (N-methyl/N-ethyl adjacent to an activating group) is 1. The zero-order chi connectivity index (χ0) is 20.0. The van der Waals surface area contributed by atoms with Crippen LogP contribution in [0.5, 0.6) is 5.75 Å². The van der Waals surface area contributed by atoms with Gasteiger partial charge in [0.05, 0.1) is 12.9 Å². The van der Waals surface area contributed by atoms with Crippen molar-refractivity contribution in [3.8, 4) is 5.75 Å². The molecule has 0 amide bonds. The van der Waals surface area contributed by atoms with Crippen LogP contribution in [0, 0.1) is 0 Å². The van der Waals surface area contributed by atoms with Gasteiger partial charge in [-0.25, -0.2) is 13.1 Å². The molecule has 1 saturated heterocycles. The van der Waals surface area contributed by atoms with Crippen molar-refractivity contribution >= 4 is 26.5 Å². The molecule has 1 fully saturated rings. The molecule has 1 aliphatic heterocycles. The normalized spacial score (nSPS) is 15.9. The van der Waals surface area contributed by atoms with Crippen LogP contribution >= 0.6 is 0 Å². The summed E-state index contributed by atoms with van der Waals surface area (Å²) >= 11 is 0. The summed E-state index contributed by atoms with van der Waals surface area (Å²) in [6, 6.07) is 12.8. The van der Waals surface area contributed by atoms with Gasteiger partial charge in [0.25, 0.3) is 0 Å². The molecule has 3 rings (SSSR count). The van der Waals surface area contributed by atoms with E-state index < -0.39 is 10.0 Å². The van der Waals surface area contributed by atoms with E-state index in [0.29, 0.717) is 13.2 Å². The minimum atomic E-state index is -3.09. The number of ether oxygens (including phenoxy) is 1. The van der Waals surface area contributed by atoms with E-state index in [-0.39, 0.29) is 0 Å². The van der Waals surface area contributed by atoms with Crippen molar-refractivity contribution < 1.29 is 13.2 Å². The van der Waals surface area contributed by atoms with Gasteiger partial charge in [-0.1, -0.05) is 18.2 Å². The van der Waals surface area contributed by atoms with Gasteiger partial charge in [-0.15, -0.1) is 0 Å². The molecule has 0 unspecified atom stereocenters. The number of hydrogen-bond acceptors (Lipinski definition) is 5. The van der Waals surface area contributed by atoms with Gasteiger partial charge in [0.2, 0.25) is 10.0 Å². The molecule has 1 heterocycles. The van der Waals surface area contributed by atoms with E-state index in [2.05, 4.69) is 51.9 Å². The monoisotopic (exact) mass is 405 g/mol. The molecular formula is C21H31N3O3S. The predicted octanol–water partition coefficient (Wildman–Crippen LogP) is 2.69. The van der Waals surface area contributed by atoms with E-state index in [0.717, 1.165) is 51.2 Å². The Kier molecular flexibility index (Phi) is 7.15. The fraction of sp³-hybridized carbons (Fsp3) is 0.524. The number of nitrogens with zero attached hydrogens (tertiary/aromatic N) is 2. The molecule has 6 nitrogen and oxygen atoms in total. The van der Waals surface area contributed by atoms with Crippen LogP contribution in [0.25, 0.3) is 10.8 Å². The molecule has 2 aromatic rings. The first-order chi connectivity index (χ1) is 13.4. The second kappa shape index (κ2) is 9.58. The zero-order valence-electron chi connectivity index (χ0n) is 16.9. The van der Waals surface area contributed by atoms with Crippen LogP contribution in [0.15, 0.2) is 36.4 Å². The first kappa shape index (κ1) is 20.9. The van der Waals surface area contributed by atoms with Gasteiger partial charge >= 0.3 is 0 Å². The molecule has 28 heavy (non-hydrogen) atoms. The number of sulfonamides is 1. The lowest BCUT2D eigenvalue weighted by Gasteiger charge is -2.34. The second-order valence-corrected chi connectivity index (χ2v) is 9.36. The molecule has 0 spiro atoms. The second-order valence-electron chi connectivity index (χ2n) is 7.53. The lowest BCUT2D eigenvalue weighted by atomic mass is 10.1. The predicted molar refractivity (Wildman–Crippen MR) is 116 cm³/mol. The van der Waals surface area contributed by atoms with Gasteiger partial charge in [-0.2, -0.15) is 0 Å². The molecule has 0 saturated carbocycles. The molecule has 0 aromatic heterocycles. The Balaban J connectivity index is 1.55. The Labute approximate surface area is 168 Å². The lowest BCUT2D eigenvalue weighted by molar-refractivity contribution is 0.305. The first-order valence-electron chi connectivity index (χ1n) is 9.96. The van der Waals surface area contributed by atoms with Crippen LogP contribution in [0.1, 0.15) is 19.3 Å². The summed E-state index contributed by atoms with van der Waals surface area (Å²) in [6.45, 7) is 5.39. The minimum Gasteiger partial charge on any atom is -0.494 e. The van der Waals surface area contributed by atoms with Crippen molar-refractivity contribution in [3.63, 3.8) is 0 Å². The maximum Gasteiger partial charge on any atom is 0.208 e. The van der Waals surface area contributed by atoms with E-state index in [9.17, 15) is 8.42 Å². The third-order valence-corrected chi connectivity index (χ3v) is 5.86. The Hall–Kier alpha value is -1.83. The Morgan fingerprint density at radius 2 is 1.82 bits per heavy atom. The summed E-state index contributed by atoms with van der Waals surface area (Å²) < 4.78 is 30.5. The number of unbranched alkanes of at least 4 members (excludes halogenated alkanes) is 2. The van der Waals surface area contributed by atoms with Crippen LogP contribution in [-0.4, -0.2) is 66.0 Å². The number of hydrogen-bond donors (Lipinski definition) is 1. The number of anilines is 1. The summed E-state index contributed by atoms with van der Waals surface area (Å²) in [7, 11) is -0.915. The van der Waals surface area contributed by atoms with Gasteiger partial charge in [-0.05, 0) is 49.9 Å². The summed E-state index contributed by atoms with van der Waals surface area (Å²) in [5, 5.41) is 2.47. The Morgan fingerprint density at radius 3 is 2.57 bits per heavy atom. The molecule has 0 radical (unpaired) electrons. The third-order valence-electron chi connectivity index (χ3n) is 5.13. The molecule has 2 aromatic carbocycles. The van der Waals surface area contributed by atoms with Gasteiger partial charge in [-0.3, -0.25) is 0 Å². The Morgan fingerprint density at radius 1 is 1.04 bits per heavy atom. The van der Waals surface area contributed by atoms with Gasteiger partial charge < -0.3 is 14.5 Å². The van der Waals surface area contributed by atoms with E-state index in [1.54, 1.807) is 0 Å². The molecule has 7 heteroatoms. The number of rotatable bonds is 9. The SMILES string of the molecule is CN1CCN(c2cccc3ccc(OCCCCCNS(C)(=O)=O)cc23)CC1. The molecule has 1 N–H and O–H groups in total. The van der Waals surface area contributed by atoms with Crippen molar-refractivity contribution in [3.05, 3.63) is 36.4 Å². The van der Waals surface area contributed by atoms with E-state index in [1.165, 1.54) is 22.7 Å². The Bertz CT molecular complexity index is 878. The highest BCUT2D eigenvalue weighted by molar-refractivity contribution is 7.88. The third kappa shape index (κ3) is 6.09. The highest BCUT2D eigenvalue weighted by atomic mass is 32.2. The van der Waals surface area contributed by atoms with E-state index >= 15 is 0 Å². The summed E-state index contributed by atoms with van der Waals surface area (Å²) in [5.41, 5.74) is 1.28. The van der Waals surface area contributed by atoms with Crippen LogP contribution in [0.2, 0.25) is 0 Å². The van der Waals surface area contributed by atoms with Crippen molar-refractivity contribution in [1.29, 1.82) is 0 Å². The first-order valence-corrected chi connectivity index (χ1v) is 11.9. The van der Waals surface area contributed by atoms with Gasteiger partial charge in [0.1, 0.15) is 5.75 Å². The fourth-order valence-electron chi connectivity index (χ4n) is 3.50. The number of benzene rings is 2. The number of nitrogens with one attached hydrogen (secondary N) is 1. The van der Waals surface area contributed by atoms with Crippen molar-refractivity contribution in [1.82, 2.24) is 9.62 Å². The molecule has 1 aliphatic rings. The summed E-state index contributed by atoms with van der Waals surface area (Å²) in [4.78, 5) is 4.82. The maximum absolute atomic E-state index is 11.0. The highest BCUT2D eigenvalue weighted by Crippen LogP contribution is 2.30. The minimum absolute atomic E-state index is 0.489. The summed E-state index contributed by atoms with van der Waals surface area (Å²) in [5.74, 6) is 0.892. The van der Waals surface area contributed by atoms with Gasteiger partial charge in [0.15, 0.2) is 0 Å². The zero-order valence-corrected chi connectivity index (χ0v) is 17.7. The molecule has 0 atom stereocenters. The number of piperazine rings is 1. The smallest absolute Gasteiger partial charge is 0.208 e. The molecular weight excluding hydrogens is 374 g/mol. The van der Waals surface area contributed by atoms with Crippen molar-refractivity contribution in [2.24, 2.45) is 0 Å². The topological polar surface area (TPSA) is 61.9 Å². The molecule has 154 valence electrons. The quantitative estimate of drug-likeness (QED) is 0.650. The highest BCUT2D eigenvalue weighted by Gasteiger charge is 2.16.